The molecule has 1 aromatic carbocycles. The molecule has 2 heterocycles. The second-order valence-electron chi connectivity index (χ2n) is 5.17. The van der Waals surface area contributed by atoms with Crippen LogP contribution in [0.5, 0.6) is 0 Å². The summed E-state index contributed by atoms with van der Waals surface area (Å²) < 4.78 is 15.8. The van der Waals surface area contributed by atoms with Crippen LogP contribution in [0.25, 0.3) is 16.8 Å². The highest BCUT2D eigenvalue weighted by Crippen LogP contribution is 2.28. The maximum atomic E-state index is 13.1. The van der Waals surface area contributed by atoms with E-state index < -0.39 is 17.3 Å². The number of halogens is 1. The maximum absolute atomic E-state index is 13.1. The van der Waals surface area contributed by atoms with Gasteiger partial charge in [-0.25, -0.2) is 9.18 Å². The number of nitrogens with zero attached hydrogens (tertiary/aromatic N) is 3. The molecule has 0 saturated carbocycles. The van der Waals surface area contributed by atoms with Gasteiger partial charge in [0.2, 0.25) is 0 Å². The molecular weight excluding hydrogens is 313 g/mol. The molecule has 0 radical (unpaired) electrons. The lowest BCUT2D eigenvalue weighted by atomic mass is 10.1. The highest BCUT2D eigenvalue weighted by Gasteiger charge is 2.20. The fraction of sp³-hybridized carbons (Fsp3) is 0.118. The van der Waals surface area contributed by atoms with E-state index in [2.05, 4.69) is 6.07 Å². The van der Waals surface area contributed by atoms with Gasteiger partial charge in [0.15, 0.2) is 0 Å². The normalized spacial score (nSPS) is 10.7. The minimum Gasteiger partial charge on any atom is -0.477 e. The van der Waals surface area contributed by atoms with Gasteiger partial charge in [-0.2, -0.15) is 5.26 Å². The molecule has 2 aromatic heterocycles. The van der Waals surface area contributed by atoms with Crippen molar-refractivity contribution in [2.75, 3.05) is 0 Å². The number of fused-ring (bicyclic) bond motifs is 1. The molecule has 0 bridgehead atoms. The summed E-state index contributed by atoms with van der Waals surface area (Å²) in [6, 6.07) is 7.58. The summed E-state index contributed by atoms with van der Waals surface area (Å²) in [5.41, 5.74) is 0.461. The molecule has 6 nitrogen and oxygen atoms in total. The van der Waals surface area contributed by atoms with Crippen LogP contribution in [0.4, 0.5) is 4.39 Å². The first-order chi connectivity index (χ1) is 11.5. The maximum Gasteiger partial charge on any atom is 0.342 e. The van der Waals surface area contributed by atoms with Gasteiger partial charge in [0.05, 0.1) is 0 Å². The molecule has 0 amide bonds. The van der Waals surface area contributed by atoms with Gasteiger partial charge in [0, 0.05) is 24.5 Å². The molecule has 7 heteroatoms. The Bertz CT molecular complexity index is 1060. The van der Waals surface area contributed by atoms with Crippen molar-refractivity contribution < 1.29 is 14.3 Å². The minimum absolute atomic E-state index is 0.234. The van der Waals surface area contributed by atoms with E-state index in [9.17, 15) is 24.3 Å². The number of carboxylic acid groups (broad SMARTS) is 1. The first-order valence-corrected chi connectivity index (χ1v) is 7.15. The lowest BCUT2D eigenvalue weighted by Gasteiger charge is -2.08. The lowest BCUT2D eigenvalue weighted by molar-refractivity contribution is 0.0693. The smallest absolute Gasteiger partial charge is 0.342 e. The van der Waals surface area contributed by atoms with Crippen LogP contribution < -0.4 is 5.56 Å². The van der Waals surface area contributed by atoms with Gasteiger partial charge >= 0.3 is 5.97 Å². The predicted molar refractivity (Wildman–Crippen MR) is 84.4 cm³/mol. The van der Waals surface area contributed by atoms with Gasteiger partial charge in [0.25, 0.3) is 5.56 Å². The molecule has 0 unspecified atom stereocenters. The van der Waals surface area contributed by atoms with Crippen LogP contribution in [0.1, 0.15) is 22.8 Å². The molecule has 0 aliphatic rings. The molecule has 0 atom stereocenters. The largest absolute Gasteiger partial charge is 0.477 e. The summed E-state index contributed by atoms with van der Waals surface area (Å²) in [5.74, 6) is -1.75. The minimum atomic E-state index is -1.33. The van der Waals surface area contributed by atoms with Crippen molar-refractivity contribution in [2.45, 2.75) is 13.5 Å². The van der Waals surface area contributed by atoms with E-state index in [4.69, 9.17) is 0 Å². The highest BCUT2D eigenvalue weighted by atomic mass is 19.1. The van der Waals surface area contributed by atoms with Crippen LogP contribution in [-0.4, -0.2) is 20.0 Å². The van der Waals surface area contributed by atoms with Crippen LogP contribution in [0.15, 0.2) is 41.5 Å². The number of aryl methyl sites for hydroxylation is 1. The third-order valence-corrected chi connectivity index (χ3v) is 3.82. The van der Waals surface area contributed by atoms with Gasteiger partial charge in [-0.15, -0.1) is 0 Å². The second-order valence-corrected chi connectivity index (χ2v) is 5.17. The number of aromatic nitrogens is 2. The Morgan fingerprint density at radius 1 is 1.29 bits per heavy atom. The number of aromatic carboxylic acids is 1. The summed E-state index contributed by atoms with van der Waals surface area (Å²) in [6.45, 7) is 2.16. The van der Waals surface area contributed by atoms with Crippen molar-refractivity contribution in [2.24, 2.45) is 0 Å². The van der Waals surface area contributed by atoms with Crippen molar-refractivity contribution in [3.05, 3.63) is 64.0 Å². The van der Waals surface area contributed by atoms with E-state index >= 15 is 0 Å². The fourth-order valence-electron chi connectivity index (χ4n) is 2.68. The number of hydrogen-bond donors (Lipinski definition) is 1. The van der Waals surface area contributed by atoms with Crippen molar-refractivity contribution in [3.63, 3.8) is 0 Å². The molecule has 3 aromatic rings. The van der Waals surface area contributed by atoms with Gasteiger partial charge in [0.1, 0.15) is 28.7 Å². The Labute approximate surface area is 135 Å². The predicted octanol–water partition coefficient (Wildman–Crippen LogP) is 2.50. The third-order valence-electron chi connectivity index (χ3n) is 3.82. The van der Waals surface area contributed by atoms with E-state index in [0.29, 0.717) is 23.3 Å². The molecule has 0 aliphatic carbocycles. The summed E-state index contributed by atoms with van der Waals surface area (Å²) in [6.07, 6.45) is 2.65. The number of rotatable bonds is 3. The Morgan fingerprint density at radius 3 is 2.50 bits per heavy atom. The molecule has 0 fully saturated rings. The Morgan fingerprint density at radius 2 is 1.96 bits per heavy atom. The van der Waals surface area contributed by atoms with E-state index in [1.165, 1.54) is 41.2 Å². The van der Waals surface area contributed by atoms with Gasteiger partial charge in [-0.1, -0.05) is 12.1 Å². The molecule has 0 aliphatic heterocycles. The number of benzene rings is 1. The zero-order valence-corrected chi connectivity index (χ0v) is 12.7. The Balaban J connectivity index is 2.44. The molecule has 0 spiro atoms. The monoisotopic (exact) mass is 325 g/mol. The zero-order chi connectivity index (χ0) is 17.4. The van der Waals surface area contributed by atoms with Crippen LogP contribution in [0.2, 0.25) is 0 Å². The van der Waals surface area contributed by atoms with Crippen LogP contribution in [-0.2, 0) is 6.54 Å². The number of carbonyl (C=O) groups is 1. The number of hydrogen-bond acceptors (Lipinski definition) is 3. The average Bonchev–Trinajstić information content (AvgIpc) is 2.96. The van der Waals surface area contributed by atoms with Crippen LogP contribution >= 0.6 is 0 Å². The first-order valence-electron chi connectivity index (χ1n) is 7.15. The summed E-state index contributed by atoms with van der Waals surface area (Å²) in [7, 11) is 0. The Hall–Kier alpha value is -3.40. The average molecular weight is 325 g/mol. The van der Waals surface area contributed by atoms with Gasteiger partial charge in [-0.05, 0) is 24.6 Å². The van der Waals surface area contributed by atoms with E-state index in [1.807, 2.05) is 0 Å². The van der Waals surface area contributed by atoms with E-state index in [-0.39, 0.29) is 11.1 Å². The standard InChI is InChI=1S/C17H12FN3O3/c1-2-20-8-14(17(23)24)16(22)21-9-13(12(7-19)15(20)21)10-3-5-11(18)6-4-10/h3-6,8-9H,2H2,1H3,(H,23,24). The molecule has 120 valence electrons. The second kappa shape index (κ2) is 5.66. The molecule has 3 rings (SSSR count). The molecular formula is C17H12FN3O3. The van der Waals surface area contributed by atoms with Crippen LogP contribution in [0.3, 0.4) is 0 Å². The topological polar surface area (TPSA) is 87.5 Å². The summed E-state index contributed by atoms with van der Waals surface area (Å²) >= 11 is 0. The highest BCUT2D eigenvalue weighted by molar-refractivity contribution is 5.88. The lowest BCUT2D eigenvalue weighted by Crippen LogP contribution is -2.24. The molecule has 24 heavy (non-hydrogen) atoms. The number of carboxylic acids is 1. The van der Waals surface area contributed by atoms with Gasteiger partial charge in [-0.3, -0.25) is 9.20 Å². The Kier molecular flexibility index (Phi) is 3.66. The molecule has 0 saturated heterocycles. The first kappa shape index (κ1) is 15.5. The molecule has 1 N–H and O–H groups in total. The zero-order valence-electron chi connectivity index (χ0n) is 12.7. The van der Waals surface area contributed by atoms with Crippen molar-refractivity contribution in [1.29, 1.82) is 5.26 Å². The van der Waals surface area contributed by atoms with Gasteiger partial charge < -0.3 is 9.67 Å². The quantitative estimate of drug-likeness (QED) is 0.801. The van der Waals surface area contributed by atoms with Crippen molar-refractivity contribution >= 4 is 11.6 Å². The number of nitriles is 1. The summed E-state index contributed by atoms with van der Waals surface area (Å²) in [4.78, 5) is 23.7. The summed E-state index contributed by atoms with van der Waals surface area (Å²) in [5, 5.41) is 18.7. The third kappa shape index (κ3) is 2.25. The van der Waals surface area contributed by atoms with Crippen molar-refractivity contribution in [1.82, 2.24) is 8.97 Å². The van der Waals surface area contributed by atoms with Crippen LogP contribution in [0, 0.1) is 17.1 Å². The van der Waals surface area contributed by atoms with E-state index in [1.54, 1.807) is 6.92 Å². The fourth-order valence-corrected chi connectivity index (χ4v) is 2.68. The SMILES string of the molecule is CCn1cc(C(=O)O)c(=O)n2cc(-c3ccc(F)cc3)c(C#N)c12. The van der Waals surface area contributed by atoms with Crippen molar-refractivity contribution in [3.8, 4) is 17.2 Å². The van der Waals surface area contributed by atoms with E-state index in [0.717, 1.165) is 4.40 Å².